The number of alkyl halides is 1. The van der Waals surface area contributed by atoms with Crippen molar-refractivity contribution in [3.8, 4) is 5.75 Å². The zero-order valence-electron chi connectivity index (χ0n) is 17.3. The van der Waals surface area contributed by atoms with Gasteiger partial charge in [0, 0.05) is 11.1 Å². The van der Waals surface area contributed by atoms with Gasteiger partial charge < -0.3 is 14.6 Å². The molecule has 2 atom stereocenters. The van der Waals surface area contributed by atoms with E-state index in [-0.39, 0.29) is 17.6 Å². The van der Waals surface area contributed by atoms with E-state index in [4.69, 9.17) is 4.74 Å². The van der Waals surface area contributed by atoms with Gasteiger partial charge in [0.05, 0.1) is 36.6 Å². The minimum absolute atomic E-state index is 0.127. The molecule has 178 valence electrons. The van der Waals surface area contributed by atoms with Crippen LogP contribution in [0.25, 0.3) is 5.76 Å². The van der Waals surface area contributed by atoms with Gasteiger partial charge in [-0.25, -0.2) is 26.7 Å². The number of methoxy groups -OCH3 is 1. The Bertz CT molecular complexity index is 1110. The third-order valence-electron chi connectivity index (χ3n) is 4.10. The highest BCUT2D eigenvalue weighted by Crippen LogP contribution is 2.25. The first-order valence-corrected chi connectivity index (χ1v) is 10.5. The van der Waals surface area contributed by atoms with Crippen molar-refractivity contribution in [1.82, 2.24) is 0 Å². The number of hydrogen-bond acceptors (Lipinski definition) is 6. The number of carbonyl (C=O) groups excluding carboxylic acids is 1. The molecule has 0 bridgehead atoms. The van der Waals surface area contributed by atoms with Gasteiger partial charge in [0.2, 0.25) is 0 Å². The Morgan fingerprint density at radius 3 is 2.36 bits per heavy atom. The van der Waals surface area contributed by atoms with E-state index >= 15 is 0 Å². The highest BCUT2D eigenvalue weighted by Gasteiger charge is 2.25. The molecule has 0 radical (unpaired) electrons. The normalized spacial score (nSPS) is 14.0. The van der Waals surface area contributed by atoms with E-state index in [1.807, 2.05) is 0 Å². The van der Waals surface area contributed by atoms with Gasteiger partial charge in [0.25, 0.3) is 0 Å². The molecular weight excluding hydrogens is 473 g/mol. The molecule has 12 heteroatoms. The quantitative estimate of drug-likeness (QED) is 0.108. The van der Waals surface area contributed by atoms with E-state index < -0.39 is 69.0 Å². The molecule has 2 aromatic rings. The summed E-state index contributed by atoms with van der Waals surface area (Å²) in [5.74, 6) is -10.3. The van der Waals surface area contributed by atoms with Crippen molar-refractivity contribution >= 4 is 28.7 Å². The van der Waals surface area contributed by atoms with Gasteiger partial charge in [0.15, 0.2) is 28.8 Å². The molecule has 0 heterocycles. The Balaban J connectivity index is 2.33. The zero-order valence-corrected chi connectivity index (χ0v) is 18.1. The van der Waals surface area contributed by atoms with E-state index in [0.717, 1.165) is 0 Å². The number of nitrogens with zero attached hydrogens (tertiary/aromatic N) is 1. The number of esters is 1. The number of halogens is 5. The monoisotopic (exact) mass is 491 g/mol. The van der Waals surface area contributed by atoms with Gasteiger partial charge >= 0.3 is 5.97 Å². The molecule has 0 saturated heterocycles. The first kappa shape index (κ1) is 26.0. The van der Waals surface area contributed by atoms with Crippen molar-refractivity contribution in [3.63, 3.8) is 0 Å². The number of ether oxygens (including phenoxy) is 2. The summed E-state index contributed by atoms with van der Waals surface area (Å²) >= 11 is 0. The van der Waals surface area contributed by atoms with Gasteiger partial charge in [-0.15, -0.1) is 0 Å². The molecule has 1 N–H and O–H groups in total. The van der Waals surface area contributed by atoms with Crippen LogP contribution < -0.4 is 4.74 Å². The molecule has 0 aromatic heterocycles. The summed E-state index contributed by atoms with van der Waals surface area (Å²) in [5.41, 5.74) is -4.11. The van der Waals surface area contributed by atoms with E-state index in [1.165, 1.54) is 38.3 Å². The maximum atomic E-state index is 14.4. The lowest BCUT2D eigenvalue weighted by Gasteiger charge is -2.10. The second kappa shape index (κ2) is 11.5. The Morgan fingerprint density at radius 2 is 1.79 bits per heavy atom. The fraction of sp³-hybridized carbons (Fsp3) is 0.238. The molecule has 2 aromatic carbocycles. The maximum absolute atomic E-state index is 14.4. The second-order valence-electron chi connectivity index (χ2n) is 6.21. The summed E-state index contributed by atoms with van der Waals surface area (Å²) in [6.45, 7) is 0.436. The molecule has 0 aliphatic rings. The molecule has 0 spiro atoms. The number of benzene rings is 2. The topological polar surface area (TPSA) is 85.2 Å². The van der Waals surface area contributed by atoms with Crippen LogP contribution in [0.4, 0.5) is 22.0 Å². The van der Waals surface area contributed by atoms with Gasteiger partial charge in [-0.1, -0.05) is 0 Å². The largest absolute Gasteiger partial charge is 0.506 e. The SMILES string of the molecule is CCOC(=O)/C(C=NCC(F)S(=O)c1ccc(OC)cc1)=C(/O)c1cc(F)c(F)c(F)c1F. The summed E-state index contributed by atoms with van der Waals surface area (Å²) in [4.78, 5) is 15.8. The molecule has 2 rings (SSSR count). The number of carbonyl (C=O) groups is 1. The van der Waals surface area contributed by atoms with Crippen LogP contribution in [0.15, 0.2) is 45.8 Å². The van der Waals surface area contributed by atoms with Crippen LogP contribution in [0, 0.1) is 23.3 Å². The van der Waals surface area contributed by atoms with E-state index in [1.54, 1.807) is 0 Å². The smallest absolute Gasteiger partial charge is 0.343 e. The number of aliphatic imine (C=N–C) groups is 1. The molecule has 0 aliphatic carbocycles. The van der Waals surface area contributed by atoms with Gasteiger partial charge in [0.1, 0.15) is 17.1 Å². The Hall–Kier alpha value is -3.28. The molecule has 0 aliphatic heterocycles. The average Bonchev–Trinajstić information content (AvgIpc) is 2.81. The molecule has 0 saturated carbocycles. The number of hydrogen-bond donors (Lipinski definition) is 1. The fourth-order valence-corrected chi connectivity index (χ4v) is 3.38. The van der Waals surface area contributed by atoms with Gasteiger partial charge in [-0.2, -0.15) is 0 Å². The van der Waals surface area contributed by atoms with E-state index in [2.05, 4.69) is 9.73 Å². The van der Waals surface area contributed by atoms with Crippen molar-refractivity contribution in [1.29, 1.82) is 0 Å². The van der Waals surface area contributed by atoms with Gasteiger partial charge in [-0.05, 0) is 37.3 Å². The second-order valence-corrected chi connectivity index (χ2v) is 7.79. The van der Waals surface area contributed by atoms with Crippen molar-refractivity contribution in [2.45, 2.75) is 17.3 Å². The van der Waals surface area contributed by atoms with Crippen LogP contribution in [-0.4, -0.2) is 47.3 Å². The standard InChI is InChI=1S/C21H18F5NO5S/c1-3-32-21(29)14(20(28)13-8-15(22)18(25)19(26)17(13)24)9-27-10-16(23)33(30)12-6-4-11(31-2)5-7-12/h4-9,16,28H,3,10H2,1-2H3/b20-14+,27-9?. The van der Waals surface area contributed by atoms with Gasteiger partial charge in [-0.3, -0.25) is 9.20 Å². The molecule has 0 fully saturated rings. The van der Waals surface area contributed by atoms with E-state index in [0.29, 0.717) is 12.0 Å². The molecular formula is C21H18F5NO5S. The third-order valence-corrected chi connectivity index (χ3v) is 5.45. The first-order chi connectivity index (χ1) is 15.6. The summed E-state index contributed by atoms with van der Waals surface area (Å²) in [5, 5.41) is 10.2. The minimum atomic E-state index is -2.21. The lowest BCUT2D eigenvalue weighted by Crippen LogP contribution is -2.15. The summed E-state index contributed by atoms with van der Waals surface area (Å²) in [7, 11) is -0.738. The molecule has 6 nitrogen and oxygen atoms in total. The number of aliphatic hydroxyl groups is 1. The Kier molecular flexibility index (Phi) is 9.09. The zero-order chi connectivity index (χ0) is 24.7. The summed E-state index contributed by atoms with van der Waals surface area (Å²) in [6, 6.07) is 5.83. The number of rotatable bonds is 9. The molecule has 0 amide bonds. The third kappa shape index (κ3) is 6.15. The highest BCUT2D eigenvalue weighted by atomic mass is 32.2. The van der Waals surface area contributed by atoms with Crippen LogP contribution >= 0.6 is 0 Å². The van der Waals surface area contributed by atoms with Crippen LogP contribution in [0.5, 0.6) is 5.75 Å². The highest BCUT2D eigenvalue weighted by molar-refractivity contribution is 7.85. The van der Waals surface area contributed by atoms with Crippen molar-refractivity contribution in [2.75, 3.05) is 20.3 Å². The number of aliphatic hydroxyl groups excluding tert-OH is 1. The van der Waals surface area contributed by atoms with Crippen molar-refractivity contribution < 1.29 is 45.5 Å². The molecule has 33 heavy (non-hydrogen) atoms. The summed E-state index contributed by atoms with van der Waals surface area (Å²) in [6.07, 6.45) is 0.573. The first-order valence-electron chi connectivity index (χ1n) is 9.24. The molecule has 2 unspecified atom stereocenters. The summed E-state index contributed by atoms with van der Waals surface area (Å²) < 4.78 is 90.5. The lowest BCUT2D eigenvalue weighted by molar-refractivity contribution is -0.137. The minimum Gasteiger partial charge on any atom is -0.506 e. The maximum Gasteiger partial charge on any atom is 0.343 e. The van der Waals surface area contributed by atoms with Crippen LogP contribution in [0.2, 0.25) is 0 Å². The Labute approximate surface area is 187 Å². The van der Waals surface area contributed by atoms with E-state index in [9.17, 15) is 36.1 Å². The predicted octanol–water partition coefficient (Wildman–Crippen LogP) is 4.26. The Morgan fingerprint density at radius 1 is 1.15 bits per heavy atom. The van der Waals surface area contributed by atoms with Crippen molar-refractivity contribution in [2.24, 2.45) is 4.99 Å². The van der Waals surface area contributed by atoms with Crippen LogP contribution in [0.3, 0.4) is 0 Å². The van der Waals surface area contributed by atoms with Crippen molar-refractivity contribution in [3.05, 3.63) is 64.7 Å². The fourth-order valence-electron chi connectivity index (χ4n) is 2.46. The van der Waals surface area contributed by atoms with Crippen LogP contribution in [-0.2, 0) is 20.3 Å². The van der Waals surface area contributed by atoms with Crippen LogP contribution in [0.1, 0.15) is 12.5 Å². The lowest BCUT2D eigenvalue weighted by atomic mass is 10.1. The predicted molar refractivity (Wildman–Crippen MR) is 110 cm³/mol. The average molecular weight is 491 g/mol.